The number of nitrogens with zero attached hydrogens (tertiary/aromatic N) is 5. The van der Waals surface area contributed by atoms with Gasteiger partial charge in [-0.3, -0.25) is 0 Å². The first-order valence-electron chi connectivity index (χ1n) is 11.3. The van der Waals surface area contributed by atoms with Crippen molar-refractivity contribution in [2.75, 3.05) is 4.90 Å². The van der Waals surface area contributed by atoms with E-state index in [-0.39, 0.29) is 0 Å². The molecule has 0 fully saturated rings. The van der Waals surface area contributed by atoms with Crippen LogP contribution in [0.2, 0.25) is 0 Å². The highest BCUT2D eigenvalue weighted by Gasteiger charge is 2.11. The second kappa shape index (κ2) is 10.8. The summed E-state index contributed by atoms with van der Waals surface area (Å²) in [5.41, 5.74) is 7.23. The Balaban J connectivity index is 1.40. The lowest BCUT2D eigenvalue weighted by atomic mass is 10.1. The van der Waals surface area contributed by atoms with E-state index in [0.717, 1.165) is 39.6 Å². The molecular formula is C30H23N5. The lowest BCUT2D eigenvalue weighted by Gasteiger charge is -2.25. The summed E-state index contributed by atoms with van der Waals surface area (Å²) in [5, 5.41) is 0. The molecule has 0 atom stereocenters. The Morgan fingerprint density at radius 3 is 1.34 bits per heavy atom. The highest BCUT2D eigenvalue weighted by molar-refractivity contribution is 5.79. The molecule has 0 aliphatic rings. The van der Waals surface area contributed by atoms with Crippen LogP contribution in [0.25, 0.3) is 24.3 Å². The fourth-order valence-electron chi connectivity index (χ4n) is 3.66. The number of benzene rings is 3. The average molecular weight is 454 g/mol. The molecule has 5 aromatic rings. The van der Waals surface area contributed by atoms with Crippen LogP contribution >= 0.6 is 0 Å². The number of anilines is 3. The van der Waals surface area contributed by atoms with Gasteiger partial charge >= 0.3 is 0 Å². The van der Waals surface area contributed by atoms with Crippen LogP contribution in [-0.4, -0.2) is 19.9 Å². The third-order valence-corrected chi connectivity index (χ3v) is 5.42. The minimum Gasteiger partial charge on any atom is -0.311 e. The van der Waals surface area contributed by atoms with Gasteiger partial charge in [-0.15, -0.1) is 0 Å². The first-order valence-corrected chi connectivity index (χ1v) is 11.3. The van der Waals surface area contributed by atoms with Crippen LogP contribution in [0.4, 0.5) is 17.1 Å². The van der Waals surface area contributed by atoms with E-state index in [1.807, 2.05) is 30.4 Å². The summed E-state index contributed by atoms with van der Waals surface area (Å²) in [6.07, 6.45) is 14.7. The molecule has 168 valence electrons. The average Bonchev–Trinajstić information content (AvgIpc) is 2.94. The molecule has 2 aromatic heterocycles. The maximum absolute atomic E-state index is 4.24. The molecule has 0 unspecified atom stereocenters. The van der Waals surface area contributed by atoms with Gasteiger partial charge in [-0.25, -0.2) is 19.9 Å². The summed E-state index contributed by atoms with van der Waals surface area (Å²) in [6.45, 7) is 0. The van der Waals surface area contributed by atoms with E-state index >= 15 is 0 Å². The Bertz CT molecular complexity index is 1300. The summed E-state index contributed by atoms with van der Waals surface area (Å²) >= 11 is 0. The fourth-order valence-corrected chi connectivity index (χ4v) is 3.66. The van der Waals surface area contributed by atoms with Gasteiger partial charge in [0, 0.05) is 29.5 Å². The van der Waals surface area contributed by atoms with Crippen molar-refractivity contribution in [2.24, 2.45) is 0 Å². The van der Waals surface area contributed by atoms with E-state index in [1.165, 1.54) is 0 Å². The van der Waals surface area contributed by atoms with E-state index in [9.17, 15) is 0 Å². The van der Waals surface area contributed by atoms with Gasteiger partial charge in [0.05, 0.1) is 11.4 Å². The van der Waals surface area contributed by atoms with Gasteiger partial charge in [0.2, 0.25) is 0 Å². The summed E-state index contributed by atoms with van der Waals surface area (Å²) in [7, 11) is 0. The Morgan fingerprint density at radius 1 is 0.457 bits per heavy atom. The number of para-hydroxylation sites is 1. The highest BCUT2D eigenvalue weighted by atomic mass is 15.1. The van der Waals surface area contributed by atoms with Gasteiger partial charge in [-0.05, 0) is 71.8 Å². The van der Waals surface area contributed by atoms with Crippen molar-refractivity contribution in [3.63, 3.8) is 0 Å². The molecule has 0 aliphatic carbocycles. The maximum atomic E-state index is 4.24. The Morgan fingerprint density at radius 2 is 0.914 bits per heavy atom. The van der Waals surface area contributed by atoms with E-state index in [4.69, 9.17) is 0 Å². The number of rotatable bonds is 7. The van der Waals surface area contributed by atoms with Crippen LogP contribution in [0.15, 0.2) is 116 Å². The molecule has 5 heteroatoms. The number of hydrogen-bond acceptors (Lipinski definition) is 5. The van der Waals surface area contributed by atoms with E-state index in [0.29, 0.717) is 0 Å². The predicted molar refractivity (Wildman–Crippen MR) is 143 cm³/mol. The smallest absolute Gasteiger partial charge is 0.115 e. The van der Waals surface area contributed by atoms with Gasteiger partial charge in [0.1, 0.15) is 12.7 Å². The zero-order chi connectivity index (χ0) is 23.7. The van der Waals surface area contributed by atoms with Crippen LogP contribution in [0.5, 0.6) is 0 Å². The maximum Gasteiger partial charge on any atom is 0.115 e. The summed E-state index contributed by atoms with van der Waals surface area (Å²) < 4.78 is 0. The zero-order valence-electron chi connectivity index (χ0n) is 19.0. The molecule has 0 bridgehead atoms. The standard InChI is InChI=1S/C30H23N5/c1-2-4-28(5-3-1)35(29-14-8-24(9-15-29)6-12-26-18-20-31-22-33-26)30-16-10-25(11-17-30)7-13-27-19-21-32-23-34-27/h1-23H/b12-6+,13-7+. The molecule has 0 radical (unpaired) electrons. The Hall–Kier alpha value is -4.90. The van der Waals surface area contributed by atoms with Gasteiger partial charge in [-0.1, -0.05) is 54.6 Å². The largest absolute Gasteiger partial charge is 0.311 e. The Kier molecular flexibility index (Phi) is 6.77. The minimum atomic E-state index is 0.879. The molecule has 35 heavy (non-hydrogen) atoms. The predicted octanol–water partition coefficient (Wildman–Crippen LogP) is 7.08. The Labute approximate surface area is 204 Å². The van der Waals surface area contributed by atoms with Crippen LogP contribution in [0, 0.1) is 0 Å². The fraction of sp³-hybridized carbons (Fsp3) is 0. The van der Waals surface area contributed by atoms with Crippen LogP contribution in [-0.2, 0) is 0 Å². The normalized spacial score (nSPS) is 11.2. The molecule has 2 heterocycles. The lowest BCUT2D eigenvalue weighted by molar-refractivity contribution is 1.15. The van der Waals surface area contributed by atoms with Crippen LogP contribution < -0.4 is 4.90 Å². The van der Waals surface area contributed by atoms with Crippen molar-refractivity contribution in [3.8, 4) is 0 Å². The molecule has 0 saturated heterocycles. The first-order chi connectivity index (χ1) is 17.3. The van der Waals surface area contributed by atoms with Gasteiger partial charge in [-0.2, -0.15) is 0 Å². The minimum absolute atomic E-state index is 0.879. The van der Waals surface area contributed by atoms with Crippen molar-refractivity contribution in [1.82, 2.24) is 19.9 Å². The molecule has 0 saturated carbocycles. The van der Waals surface area contributed by atoms with Gasteiger partial charge < -0.3 is 4.90 Å². The molecule has 5 nitrogen and oxygen atoms in total. The number of aromatic nitrogens is 4. The highest BCUT2D eigenvalue weighted by Crippen LogP contribution is 2.34. The molecule has 0 spiro atoms. The molecule has 3 aromatic carbocycles. The summed E-state index contributed by atoms with van der Waals surface area (Å²) in [5.74, 6) is 0. The molecule has 0 aliphatic heterocycles. The van der Waals surface area contributed by atoms with Crippen molar-refractivity contribution >= 4 is 41.4 Å². The third-order valence-electron chi connectivity index (χ3n) is 5.42. The first kappa shape index (κ1) is 21.9. The quantitative estimate of drug-likeness (QED) is 0.264. The SMILES string of the molecule is C(=C\c1ccncn1)/c1ccc(N(c2ccccc2)c2ccc(/C=C/c3ccncn3)cc2)cc1. The summed E-state index contributed by atoms with van der Waals surface area (Å²) in [6, 6.07) is 31.1. The van der Waals surface area contributed by atoms with E-state index in [2.05, 4.69) is 110 Å². The van der Waals surface area contributed by atoms with Crippen LogP contribution in [0.1, 0.15) is 22.5 Å². The monoisotopic (exact) mass is 453 g/mol. The topological polar surface area (TPSA) is 54.8 Å². The van der Waals surface area contributed by atoms with Gasteiger partial charge in [0.25, 0.3) is 0 Å². The zero-order valence-corrected chi connectivity index (χ0v) is 19.0. The van der Waals surface area contributed by atoms with Crippen LogP contribution in [0.3, 0.4) is 0 Å². The summed E-state index contributed by atoms with van der Waals surface area (Å²) in [4.78, 5) is 18.6. The number of hydrogen-bond donors (Lipinski definition) is 0. The second-order valence-corrected chi connectivity index (χ2v) is 7.79. The molecule has 0 N–H and O–H groups in total. The molecule has 5 rings (SSSR count). The van der Waals surface area contributed by atoms with E-state index < -0.39 is 0 Å². The lowest BCUT2D eigenvalue weighted by Crippen LogP contribution is -2.09. The van der Waals surface area contributed by atoms with Crippen molar-refractivity contribution in [1.29, 1.82) is 0 Å². The van der Waals surface area contributed by atoms with Gasteiger partial charge in [0.15, 0.2) is 0 Å². The van der Waals surface area contributed by atoms with Crippen molar-refractivity contribution in [3.05, 3.63) is 139 Å². The third kappa shape index (κ3) is 5.72. The molecule has 0 amide bonds. The van der Waals surface area contributed by atoms with Crippen molar-refractivity contribution in [2.45, 2.75) is 0 Å². The molecular weight excluding hydrogens is 430 g/mol. The second-order valence-electron chi connectivity index (χ2n) is 7.79. The van der Waals surface area contributed by atoms with E-state index in [1.54, 1.807) is 25.0 Å². The van der Waals surface area contributed by atoms with Crippen molar-refractivity contribution < 1.29 is 0 Å².